The Balaban J connectivity index is 0. The third-order valence-electron chi connectivity index (χ3n) is 2.49. The first-order valence-corrected chi connectivity index (χ1v) is 6.51. The molecule has 0 atom stereocenters. The summed E-state index contributed by atoms with van der Waals surface area (Å²) in [4.78, 5) is 0. The van der Waals surface area contributed by atoms with Crippen LogP contribution < -0.4 is 29.6 Å². The van der Waals surface area contributed by atoms with E-state index in [-0.39, 0.29) is 29.6 Å². The van der Waals surface area contributed by atoms with Gasteiger partial charge in [0.15, 0.2) is 0 Å². The van der Waals surface area contributed by atoms with Gasteiger partial charge in [-0.2, -0.15) is 0 Å². The van der Waals surface area contributed by atoms with Crippen LogP contribution in [0.4, 0.5) is 0 Å². The molecule has 0 aromatic carbocycles. The first-order valence-electron chi connectivity index (χ1n) is 5.97. The molecule has 0 aliphatic heterocycles. The minimum atomic E-state index is 0. The summed E-state index contributed by atoms with van der Waals surface area (Å²) in [5, 5.41) is 0. The third kappa shape index (κ3) is 15.7. The van der Waals surface area contributed by atoms with E-state index in [0.29, 0.717) is 0 Å². The van der Waals surface area contributed by atoms with Gasteiger partial charge in [-0.15, -0.1) is 11.6 Å². The van der Waals surface area contributed by atoms with Crippen molar-refractivity contribution in [1.82, 2.24) is 0 Å². The Morgan fingerprint density at radius 2 is 1.00 bits per heavy atom. The van der Waals surface area contributed by atoms with Crippen molar-refractivity contribution in [1.29, 1.82) is 0 Å². The van der Waals surface area contributed by atoms with E-state index >= 15 is 0 Å². The normalized spacial score (nSPS) is 9.86. The Kier molecular flexibility index (Phi) is 21.1. The second kappa shape index (κ2) is 16.7. The van der Waals surface area contributed by atoms with E-state index in [2.05, 4.69) is 6.92 Å². The van der Waals surface area contributed by atoms with E-state index in [0.717, 1.165) is 5.88 Å². The van der Waals surface area contributed by atoms with Gasteiger partial charge in [0.2, 0.25) is 0 Å². The van der Waals surface area contributed by atoms with Gasteiger partial charge >= 0.3 is 29.6 Å². The molecule has 0 N–H and O–H groups in total. The van der Waals surface area contributed by atoms with Gasteiger partial charge in [0.25, 0.3) is 0 Å². The number of hydrogen-bond donors (Lipinski definition) is 0. The molecule has 2 heteroatoms. The second-order valence-electron chi connectivity index (χ2n) is 3.87. The van der Waals surface area contributed by atoms with E-state index in [1.54, 1.807) is 0 Å². The number of unbranched alkanes of at least 4 members (excludes halogenated alkanes) is 9. The van der Waals surface area contributed by atoms with Crippen LogP contribution in [-0.4, -0.2) is 5.88 Å². The van der Waals surface area contributed by atoms with Crippen molar-refractivity contribution >= 4 is 11.6 Å². The van der Waals surface area contributed by atoms with Crippen LogP contribution in [0.25, 0.3) is 0 Å². The maximum absolute atomic E-state index is 5.60. The number of alkyl halides is 1. The number of hydrogen-bond acceptors (Lipinski definition) is 0. The number of halogens is 1. The van der Waals surface area contributed by atoms with Crippen molar-refractivity contribution in [3.05, 3.63) is 0 Å². The summed E-state index contributed by atoms with van der Waals surface area (Å²) in [7, 11) is 0. The van der Waals surface area contributed by atoms with E-state index in [9.17, 15) is 0 Å². The molecule has 14 heavy (non-hydrogen) atoms. The summed E-state index contributed by atoms with van der Waals surface area (Å²) in [6.45, 7) is 2.27. The molecule has 80 valence electrons. The second-order valence-corrected chi connectivity index (χ2v) is 4.25. The minimum absolute atomic E-state index is 0. The van der Waals surface area contributed by atoms with Gasteiger partial charge in [0, 0.05) is 5.88 Å². The molecule has 0 saturated carbocycles. The molecule has 0 aliphatic carbocycles. The van der Waals surface area contributed by atoms with E-state index in [4.69, 9.17) is 11.6 Å². The van der Waals surface area contributed by atoms with Gasteiger partial charge in [0.05, 0.1) is 0 Å². The van der Waals surface area contributed by atoms with Crippen LogP contribution in [0.5, 0.6) is 0 Å². The molecule has 0 bridgehead atoms. The minimum Gasteiger partial charge on any atom is -0.127 e. The summed E-state index contributed by atoms with van der Waals surface area (Å²) >= 11 is 5.60. The van der Waals surface area contributed by atoms with E-state index in [1.165, 1.54) is 64.2 Å². The Morgan fingerprint density at radius 3 is 1.36 bits per heavy atom. The molecule has 0 amide bonds. The third-order valence-corrected chi connectivity index (χ3v) is 2.75. The molecule has 0 fully saturated rings. The van der Waals surface area contributed by atoms with Gasteiger partial charge in [-0.1, -0.05) is 64.7 Å². The van der Waals surface area contributed by atoms with Crippen molar-refractivity contribution < 1.29 is 29.6 Å². The Hall–Kier alpha value is 1.29. The zero-order valence-corrected chi connectivity index (χ0v) is 12.9. The fourth-order valence-electron chi connectivity index (χ4n) is 1.58. The summed E-state index contributed by atoms with van der Waals surface area (Å²) in [5.74, 6) is 0.844. The van der Waals surface area contributed by atoms with E-state index < -0.39 is 0 Å². The predicted octanol–water partition coefficient (Wildman–Crippen LogP) is 2.15. The fraction of sp³-hybridized carbons (Fsp3) is 1.00. The van der Waals surface area contributed by atoms with Gasteiger partial charge < -0.3 is 0 Å². The van der Waals surface area contributed by atoms with Gasteiger partial charge in [-0.25, -0.2) is 0 Å². The summed E-state index contributed by atoms with van der Waals surface area (Å²) in [6, 6.07) is 0. The fourth-order valence-corrected chi connectivity index (χ4v) is 1.77. The van der Waals surface area contributed by atoms with Crippen LogP contribution in [0.2, 0.25) is 0 Å². The van der Waals surface area contributed by atoms with E-state index in [1.807, 2.05) is 0 Å². The average molecular weight is 228 g/mol. The number of rotatable bonds is 10. The molecule has 0 unspecified atom stereocenters. The summed E-state index contributed by atoms with van der Waals surface area (Å²) in [6.07, 6.45) is 13.9. The molecule has 0 aromatic rings. The average Bonchev–Trinajstić information content (AvgIpc) is 2.16. The zero-order valence-electron chi connectivity index (χ0n) is 10.2. The van der Waals surface area contributed by atoms with Crippen molar-refractivity contribution in [3.8, 4) is 0 Å². The monoisotopic (exact) mass is 227 g/mol. The summed E-state index contributed by atoms with van der Waals surface area (Å²) < 4.78 is 0. The Bertz CT molecular complexity index is 76.4. The van der Waals surface area contributed by atoms with Crippen LogP contribution in [0.3, 0.4) is 0 Å². The molecule has 0 aromatic heterocycles. The Morgan fingerprint density at radius 1 is 0.643 bits per heavy atom. The van der Waals surface area contributed by atoms with Gasteiger partial charge in [0.1, 0.15) is 0 Å². The molecule has 0 heterocycles. The first-order chi connectivity index (χ1) is 6.41. The van der Waals surface area contributed by atoms with Crippen molar-refractivity contribution in [2.24, 2.45) is 0 Å². The Labute approximate surface area is 117 Å². The quantitative estimate of drug-likeness (QED) is 0.305. The van der Waals surface area contributed by atoms with Crippen molar-refractivity contribution in [2.75, 3.05) is 5.88 Å². The molecule has 0 spiro atoms. The topological polar surface area (TPSA) is 0 Å². The van der Waals surface area contributed by atoms with Crippen molar-refractivity contribution in [3.63, 3.8) is 0 Å². The maximum Gasteiger partial charge on any atom is 1.00 e. The van der Waals surface area contributed by atoms with Gasteiger partial charge in [-0.05, 0) is 6.42 Å². The first kappa shape index (κ1) is 17.7. The van der Waals surface area contributed by atoms with Crippen molar-refractivity contribution in [2.45, 2.75) is 71.1 Å². The summed E-state index contributed by atoms with van der Waals surface area (Å²) in [5.41, 5.74) is 0. The smallest absolute Gasteiger partial charge is 0.127 e. The van der Waals surface area contributed by atoms with Crippen LogP contribution in [0, 0.1) is 0 Å². The standard InChI is InChI=1S/C12H25Cl.Na/c1-2-3-4-5-6-7-8-9-10-11-12-13;/h2-12H2,1H3;/q;+1. The molecular formula is C12H25ClNa+. The van der Waals surface area contributed by atoms with Crippen LogP contribution in [0.15, 0.2) is 0 Å². The molecule has 0 nitrogen and oxygen atoms in total. The van der Waals surface area contributed by atoms with Gasteiger partial charge in [-0.3, -0.25) is 0 Å². The largest absolute Gasteiger partial charge is 1.00 e. The van der Waals surface area contributed by atoms with Crippen LogP contribution >= 0.6 is 11.6 Å². The zero-order chi connectivity index (χ0) is 9.78. The molecular weight excluding hydrogens is 203 g/mol. The SMILES string of the molecule is CCCCCCCCCCCCCl.[Na+]. The molecule has 0 radical (unpaired) electrons. The molecule has 0 saturated heterocycles. The molecule has 0 rings (SSSR count). The van der Waals surface area contributed by atoms with Crippen LogP contribution in [0.1, 0.15) is 71.1 Å². The van der Waals surface area contributed by atoms with Crippen LogP contribution in [-0.2, 0) is 0 Å². The molecule has 0 aliphatic rings. The maximum atomic E-state index is 5.60. The predicted molar refractivity (Wildman–Crippen MR) is 62.6 cm³/mol.